The van der Waals surface area contributed by atoms with Gasteiger partial charge in [-0.15, -0.1) is 0 Å². The first kappa shape index (κ1) is 23.2. The first-order valence-electron chi connectivity index (χ1n) is 9.62. The van der Waals surface area contributed by atoms with Gasteiger partial charge in [0.05, 0.1) is 11.4 Å². The van der Waals surface area contributed by atoms with Gasteiger partial charge in [-0.1, -0.05) is 0 Å². The van der Waals surface area contributed by atoms with Gasteiger partial charge in [0.15, 0.2) is 0 Å². The molecule has 162 valence electrons. The molecule has 1 saturated heterocycles. The van der Waals surface area contributed by atoms with E-state index in [9.17, 15) is 26.8 Å². The zero-order valence-corrected chi connectivity index (χ0v) is 17.5. The van der Waals surface area contributed by atoms with Crippen LogP contribution in [-0.4, -0.2) is 86.5 Å². The second-order valence-electron chi connectivity index (χ2n) is 6.82. The van der Waals surface area contributed by atoms with Crippen molar-refractivity contribution in [2.24, 2.45) is 0 Å². The summed E-state index contributed by atoms with van der Waals surface area (Å²) in [6.07, 6.45) is 0.703. The summed E-state index contributed by atoms with van der Waals surface area (Å²) in [5.74, 6) is -3.73. The number of rotatable bonds is 7. The molecule has 0 saturated carbocycles. The molecule has 1 aromatic carbocycles. The van der Waals surface area contributed by atoms with Crippen molar-refractivity contribution in [2.45, 2.75) is 30.9 Å². The lowest BCUT2D eigenvalue weighted by atomic mass is 10.2. The van der Waals surface area contributed by atoms with Crippen molar-refractivity contribution in [1.29, 1.82) is 0 Å². The van der Waals surface area contributed by atoms with Crippen LogP contribution in [0, 0.1) is 0 Å². The van der Waals surface area contributed by atoms with E-state index in [1.807, 2.05) is 18.7 Å². The molecule has 7 nitrogen and oxygen atoms in total. The minimum Gasteiger partial charge on any atom is -0.342 e. The maximum atomic E-state index is 12.7. The lowest BCUT2D eigenvalue weighted by Crippen LogP contribution is -2.42. The first-order valence-corrected chi connectivity index (χ1v) is 11.2. The average Bonchev–Trinajstić information content (AvgIpc) is 2.94. The van der Waals surface area contributed by atoms with Crippen LogP contribution >= 0.6 is 0 Å². The van der Waals surface area contributed by atoms with Crippen LogP contribution in [0.4, 0.5) is 8.78 Å². The van der Waals surface area contributed by atoms with Gasteiger partial charge in [-0.3, -0.25) is 14.5 Å². The predicted octanol–water partition coefficient (Wildman–Crippen LogP) is 1.70. The van der Waals surface area contributed by atoms with E-state index in [1.165, 1.54) is 12.1 Å². The predicted molar refractivity (Wildman–Crippen MR) is 105 cm³/mol. The van der Waals surface area contributed by atoms with Crippen LogP contribution in [0.3, 0.4) is 0 Å². The highest BCUT2D eigenvalue weighted by Gasteiger charge is 2.27. The topological polar surface area (TPSA) is 78.0 Å². The first-order chi connectivity index (χ1) is 13.7. The zero-order chi connectivity index (χ0) is 21.6. The molecule has 0 bridgehead atoms. The van der Waals surface area contributed by atoms with Gasteiger partial charge < -0.3 is 9.80 Å². The largest absolute Gasteiger partial charge is 0.342 e. The number of amides is 2. The van der Waals surface area contributed by atoms with E-state index in [1.54, 1.807) is 9.80 Å². The molecule has 1 aliphatic rings. The van der Waals surface area contributed by atoms with Gasteiger partial charge in [-0.2, -0.15) is 8.78 Å². The standard InChI is InChI=1S/C19H27F2N3O4S/c1-3-23(4-2)17(25)14-22-10-5-11-24(13-12-22)18(26)15-6-8-16(9-7-15)29(27,28)19(20)21/h6-9,19H,3-5,10-14H2,1-2H3. The number of carbonyl (C=O) groups excluding carboxylic acids is 2. The molecule has 2 rings (SSSR count). The van der Waals surface area contributed by atoms with Crippen LogP contribution in [0.2, 0.25) is 0 Å². The van der Waals surface area contributed by atoms with Gasteiger partial charge in [0.2, 0.25) is 15.7 Å². The van der Waals surface area contributed by atoms with Crippen LogP contribution in [0.1, 0.15) is 30.6 Å². The Bertz CT molecular complexity index is 811. The van der Waals surface area contributed by atoms with Gasteiger partial charge in [0.1, 0.15) is 0 Å². The van der Waals surface area contributed by atoms with Gasteiger partial charge in [0, 0.05) is 44.8 Å². The van der Waals surface area contributed by atoms with Crippen molar-refractivity contribution in [3.63, 3.8) is 0 Å². The summed E-state index contributed by atoms with van der Waals surface area (Å²) in [7, 11) is -4.68. The third-order valence-corrected chi connectivity index (χ3v) is 6.41. The molecule has 0 unspecified atom stereocenters. The van der Waals surface area contributed by atoms with Gasteiger partial charge in [-0.25, -0.2) is 8.42 Å². The van der Waals surface area contributed by atoms with Gasteiger partial charge in [0.25, 0.3) is 5.91 Å². The number of halogens is 2. The second-order valence-corrected chi connectivity index (χ2v) is 8.74. The molecule has 10 heteroatoms. The Kier molecular flexibility index (Phi) is 8.09. The van der Waals surface area contributed by atoms with Crippen LogP contribution in [0.15, 0.2) is 29.2 Å². The zero-order valence-electron chi connectivity index (χ0n) is 16.7. The Hall–Kier alpha value is -2.07. The molecular weight excluding hydrogens is 404 g/mol. The highest BCUT2D eigenvalue weighted by Crippen LogP contribution is 2.19. The number of alkyl halides is 2. The molecule has 1 aromatic rings. The number of sulfone groups is 1. The summed E-state index contributed by atoms with van der Waals surface area (Å²) in [5, 5.41) is 0. The van der Waals surface area contributed by atoms with E-state index in [2.05, 4.69) is 0 Å². The van der Waals surface area contributed by atoms with Crippen LogP contribution < -0.4 is 0 Å². The van der Waals surface area contributed by atoms with E-state index in [0.29, 0.717) is 52.2 Å². The molecule has 0 spiro atoms. The van der Waals surface area contributed by atoms with Crippen molar-refractivity contribution in [1.82, 2.24) is 14.7 Å². The van der Waals surface area contributed by atoms with Crippen molar-refractivity contribution < 1.29 is 26.8 Å². The van der Waals surface area contributed by atoms with E-state index >= 15 is 0 Å². The second kappa shape index (κ2) is 10.1. The minimum atomic E-state index is -4.68. The Labute approximate surface area is 170 Å². The molecule has 1 aliphatic heterocycles. The average molecular weight is 432 g/mol. The Morgan fingerprint density at radius 3 is 2.21 bits per heavy atom. The highest BCUT2D eigenvalue weighted by atomic mass is 32.2. The maximum Gasteiger partial charge on any atom is 0.341 e. The number of nitrogens with zero attached hydrogens (tertiary/aromatic N) is 3. The quantitative estimate of drug-likeness (QED) is 0.657. The summed E-state index contributed by atoms with van der Waals surface area (Å²) in [4.78, 5) is 29.9. The van der Waals surface area contributed by atoms with Crippen molar-refractivity contribution in [3.05, 3.63) is 29.8 Å². The summed E-state index contributed by atoms with van der Waals surface area (Å²) in [6, 6.07) is 4.57. The Balaban J connectivity index is 2.00. The Morgan fingerprint density at radius 1 is 1.03 bits per heavy atom. The molecule has 0 aliphatic carbocycles. The minimum absolute atomic E-state index is 0.0607. The Morgan fingerprint density at radius 2 is 1.66 bits per heavy atom. The molecule has 1 fully saturated rings. The third kappa shape index (κ3) is 5.72. The molecule has 0 N–H and O–H groups in total. The third-order valence-electron chi connectivity index (χ3n) is 5.02. The van der Waals surface area contributed by atoms with Gasteiger partial charge in [-0.05, 0) is 44.5 Å². The van der Waals surface area contributed by atoms with E-state index in [4.69, 9.17) is 0 Å². The number of hydrogen-bond acceptors (Lipinski definition) is 5. The summed E-state index contributed by atoms with van der Waals surface area (Å²) < 4.78 is 48.2. The molecule has 0 radical (unpaired) electrons. The molecule has 0 atom stereocenters. The van der Waals surface area contributed by atoms with Crippen molar-refractivity contribution in [3.8, 4) is 0 Å². The molecule has 2 amide bonds. The number of benzene rings is 1. The molecular formula is C19H27F2N3O4S. The van der Waals surface area contributed by atoms with Crippen molar-refractivity contribution >= 4 is 21.7 Å². The fourth-order valence-corrected chi connectivity index (χ4v) is 3.99. The summed E-state index contributed by atoms with van der Waals surface area (Å²) in [6.45, 7) is 7.68. The van der Waals surface area contributed by atoms with Crippen LogP contribution in [0.25, 0.3) is 0 Å². The number of likely N-dealkylation sites (N-methyl/N-ethyl adjacent to an activating group) is 1. The molecule has 29 heavy (non-hydrogen) atoms. The SMILES string of the molecule is CCN(CC)C(=O)CN1CCCN(C(=O)c2ccc(S(=O)(=O)C(F)F)cc2)CC1. The number of hydrogen-bond donors (Lipinski definition) is 0. The summed E-state index contributed by atoms with van der Waals surface area (Å²) in [5.41, 5.74) is 0.242. The lowest BCUT2D eigenvalue weighted by molar-refractivity contribution is -0.132. The fourth-order valence-electron chi connectivity index (χ4n) is 3.27. The highest BCUT2D eigenvalue weighted by molar-refractivity contribution is 7.91. The van der Waals surface area contributed by atoms with Crippen LogP contribution in [0.5, 0.6) is 0 Å². The van der Waals surface area contributed by atoms with E-state index in [0.717, 1.165) is 12.1 Å². The fraction of sp³-hybridized carbons (Fsp3) is 0.579. The molecule has 0 aromatic heterocycles. The van der Waals surface area contributed by atoms with E-state index in [-0.39, 0.29) is 17.4 Å². The normalized spacial score (nSPS) is 16.0. The molecule has 1 heterocycles. The van der Waals surface area contributed by atoms with Crippen LogP contribution in [-0.2, 0) is 14.6 Å². The summed E-state index contributed by atoms with van der Waals surface area (Å²) >= 11 is 0. The monoisotopic (exact) mass is 431 g/mol. The lowest BCUT2D eigenvalue weighted by Gasteiger charge is -2.25. The van der Waals surface area contributed by atoms with Gasteiger partial charge >= 0.3 is 5.76 Å². The smallest absolute Gasteiger partial charge is 0.341 e. The van der Waals surface area contributed by atoms with Crippen molar-refractivity contribution in [2.75, 3.05) is 45.8 Å². The van der Waals surface area contributed by atoms with E-state index < -0.39 is 20.5 Å². The number of carbonyl (C=O) groups is 2. The maximum absolute atomic E-state index is 12.7.